The molecule has 0 aliphatic heterocycles. The number of hydrogen-bond acceptors (Lipinski definition) is 2. The van der Waals surface area contributed by atoms with Crippen LogP contribution in [0.5, 0.6) is 0 Å². The Labute approximate surface area is 376 Å². The van der Waals surface area contributed by atoms with Crippen LogP contribution in [0.15, 0.2) is 247 Å². The summed E-state index contributed by atoms with van der Waals surface area (Å²) in [5, 5.41) is 9.72. The van der Waals surface area contributed by atoms with Crippen molar-refractivity contribution in [3.05, 3.63) is 243 Å². The second-order valence-corrected chi connectivity index (χ2v) is 16.9. The number of aromatic nitrogens is 1. The Morgan fingerprint density at radius 2 is 0.862 bits per heavy atom. The van der Waals surface area contributed by atoms with Crippen LogP contribution in [-0.4, -0.2) is 4.57 Å². The smallest absolute Gasteiger partial charge is 0.143 e. The zero-order chi connectivity index (χ0) is 42.8. The standard InChI is InChI=1S/C62H40N2O/c1-2-16-50-43(13-1)31-32-46-40-49(37-38-51(46)50)63(48-15-11-14-45(39-48)53-21-12-22-57-56-20-6-10-26-61(56)65-62(53)57)47-35-33-42(34-36-47)41-27-29-44(30-28-41)52-17-3-7-23-58(52)64-59-24-8-4-18-54(59)55-19-5-9-25-60(55)64/h1-40H. The van der Waals surface area contributed by atoms with Gasteiger partial charge < -0.3 is 13.9 Å². The van der Waals surface area contributed by atoms with Crippen LogP contribution in [0.25, 0.3) is 104 Å². The summed E-state index contributed by atoms with van der Waals surface area (Å²) in [6.07, 6.45) is 0. The summed E-state index contributed by atoms with van der Waals surface area (Å²) in [6.45, 7) is 0. The van der Waals surface area contributed by atoms with E-state index in [1.807, 2.05) is 12.1 Å². The molecule has 13 rings (SSSR count). The van der Waals surface area contributed by atoms with Gasteiger partial charge in [0.15, 0.2) is 0 Å². The molecule has 0 amide bonds. The summed E-state index contributed by atoms with van der Waals surface area (Å²) in [4.78, 5) is 2.37. The van der Waals surface area contributed by atoms with E-state index in [2.05, 4.69) is 240 Å². The molecule has 0 fully saturated rings. The molecule has 13 aromatic rings. The molecule has 65 heavy (non-hydrogen) atoms. The van der Waals surface area contributed by atoms with Gasteiger partial charge in [-0.15, -0.1) is 0 Å². The van der Waals surface area contributed by atoms with Crippen molar-refractivity contribution in [1.29, 1.82) is 0 Å². The molecule has 2 heterocycles. The van der Waals surface area contributed by atoms with Crippen LogP contribution < -0.4 is 4.90 Å². The highest BCUT2D eigenvalue weighted by Gasteiger charge is 2.19. The number of anilines is 3. The zero-order valence-corrected chi connectivity index (χ0v) is 35.4. The van der Waals surface area contributed by atoms with Gasteiger partial charge in [0.25, 0.3) is 0 Å². The van der Waals surface area contributed by atoms with Crippen molar-refractivity contribution in [2.45, 2.75) is 0 Å². The first-order valence-corrected chi connectivity index (χ1v) is 22.2. The van der Waals surface area contributed by atoms with E-state index in [1.54, 1.807) is 0 Å². The normalized spacial score (nSPS) is 11.7. The molecular formula is C62H40N2O. The van der Waals surface area contributed by atoms with Crippen molar-refractivity contribution < 1.29 is 4.42 Å². The van der Waals surface area contributed by atoms with Crippen LogP contribution in [0.2, 0.25) is 0 Å². The minimum Gasteiger partial charge on any atom is -0.455 e. The first kappa shape index (κ1) is 36.9. The van der Waals surface area contributed by atoms with Crippen molar-refractivity contribution in [2.24, 2.45) is 0 Å². The monoisotopic (exact) mass is 828 g/mol. The third-order valence-electron chi connectivity index (χ3n) is 13.2. The van der Waals surface area contributed by atoms with Crippen LogP contribution in [0.3, 0.4) is 0 Å². The highest BCUT2D eigenvalue weighted by atomic mass is 16.3. The van der Waals surface area contributed by atoms with E-state index in [4.69, 9.17) is 4.42 Å². The minimum absolute atomic E-state index is 0.898. The van der Waals surface area contributed by atoms with E-state index in [0.717, 1.165) is 55.7 Å². The number of para-hydroxylation sites is 5. The quantitative estimate of drug-likeness (QED) is 0.149. The van der Waals surface area contributed by atoms with Gasteiger partial charge in [0.1, 0.15) is 11.2 Å². The number of furan rings is 1. The molecule has 0 spiro atoms. The Morgan fingerprint density at radius 3 is 1.66 bits per heavy atom. The van der Waals surface area contributed by atoms with Gasteiger partial charge in [-0.25, -0.2) is 0 Å². The third-order valence-corrected chi connectivity index (χ3v) is 13.2. The Bertz CT molecular complexity index is 3900. The summed E-state index contributed by atoms with van der Waals surface area (Å²) in [7, 11) is 0. The van der Waals surface area contributed by atoms with Crippen LogP contribution in [-0.2, 0) is 0 Å². The molecule has 0 aliphatic rings. The van der Waals surface area contributed by atoms with E-state index in [0.29, 0.717) is 0 Å². The zero-order valence-electron chi connectivity index (χ0n) is 35.4. The molecule has 0 saturated carbocycles. The SMILES string of the molecule is c1cc(-c2cccc3c2oc2ccccc23)cc(N(c2ccc(-c3ccc(-c4ccccc4-n4c5ccccc5c5ccccc54)cc3)cc2)c2ccc3c(ccc4ccccc43)c2)c1. The molecule has 0 aliphatic carbocycles. The van der Waals surface area contributed by atoms with Gasteiger partial charge in [0.2, 0.25) is 0 Å². The van der Waals surface area contributed by atoms with Crippen molar-refractivity contribution in [3.63, 3.8) is 0 Å². The molecular weight excluding hydrogens is 789 g/mol. The van der Waals surface area contributed by atoms with Gasteiger partial charge >= 0.3 is 0 Å². The average Bonchev–Trinajstić information content (AvgIpc) is 3.93. The van der Waals surface area contributed by atoms with Gasteiger partial charge in [-0.05, 0) is 104 Å². The van der Waals surface area contributed by atoms with Gasteiger partial charge in [0, 0.05) is 49.7 Å². The Kier molecular flexibility index (Phi) is 8.53. The second kappa shape index (κ2) is 15.0. The highest BCUT2D eigenvalue weighted by molar-refractivity contribution is 6.11. The summed E-state index contributed by atoms with van der Waals surface area (Å²) < 4.78 is 8.93. The lowest BCUT2D eigenvalue weighted by Gasteiger charge is -2.27. The van der Waals surface area contributed by atoms with E-state index in [9.17, 15) is 0 Å². The predicted molar refractivity (Wildman–Crippen MR) is 274 cm³/mol. The van der Waals surface area contributed by atoms with Crippen molar-refractivity contribution >= 4 is 82.4 Å². The molecule has 0 saturated heterocycles. The number of fused-ring (bicyclic) bond motifs is 9. The molecule has 0 N–H and O–H groups in total. The molecule has 2 aromatic heterocycles. The molecule has 0 bridgehead atoms. The number of benzene rings is 11. The van der Waals surface area contributed by atoms with Crippen molar-refractivity contribution in [1.82, 2.24) is 4.57 Å². The average molecular weight is 829 g/mol. The molecule has 0 unspecified atom stereocenters. The highest BCUT2D eigenvalue weighted by Crippen LogP contribution is 2.42. The molecule has 0 atom stereocenters. The maximum Gasteiger partial charge on any atom is 0.143 e. The maximum absolute atomic E-state index is 6.52. The Hall–Kier alpha value is -8.66. The topological polar surface area (TPSA) is 21.3 Å². The lowest BCUT2D eigenvalue weighted by atomic mass is 9.98. The molecule has 11 aromatic carbocycles. The van der Waals surface area contributed by atoms with Crippen molar-refractivity contribution in [3.8, 4) is 39.1 Å². The van der Waals surface area contributed by atoms with Gasteiger partial charge in [-0.2, -0.15) is 0 Å². The van der Waals surface area contributed by atoms with Gasteiger partial charge in [0.05, 0.1) is 16.7 Å². The van der Waals surface area contributed by atoms with Crippen LogP contribution in [0.4, 0.5) is 17.1 Å². The third kappa shape index (κ3) is 6.12. The van der Waals surface area contributed by atoms with Crippen molar-refractivity contribution in [2.75, 3.05) is 4.90 Å². The second-order valence-electron chi connectivity index (χ2n) is 16.9. The summed E-state index contributed by atoms with van der Waals surface area (Å²) in [5.74, 6) is 0. The van der Waals surface area contributed by atoms with Gasteiger partial charge in [-0.3, -0.25) is 0 Å². The van der Waals surface area contributed by atoms with Crippen LogP contribution in [0.1, 0.15) is 0 Å². The number of nitrogens with zero attached hydrogens (tertiary/aromatic N) is 2. The van der Waals surface area contributed by atoms with Crippen LogP contribution >= 0.6 is 0 Å². The van der Waals surface area contributed by atoms with E-state index < -0.39 is 0 Å². The summed E-state index contributed by atoms with van der Waals surface area (Å²) in [5.41, 5.74) is 15.5. The van der Waals surface area contributed by atoms with E-state index in [-0.39, 0.29) is 0 Å². The van der Waals surface area contributed by atoms with E-state index in [1.165, 1.54) is 65.7 Å². The lowest BCUT2D eigenvalue weighted by molar-refractivity contribution is 0.670. The first-order valence-electron chi connectivity index (χ1n) is 22.2. The predicted octanol–water partition coefficient (Wildman–Crippen LogP) is 17.5. The van der Waals surface area contributed by atoms with Gasteiger partial charge in [-0.1, -0.05) is 182 Å². The first-order chi connectivity index (χ1) is 32.2. The maximum atomic E-state index is 6.52. The molecule has 3 nitrogen and oxygen atoms in total. The Balaban J connectivity index is 0.888. The Morgan fingerprint density at radius 1 is 0.308 bits per heavy atom. The number of hydrogen-bond donors (Lipinski definition) is 0. The van der Waals surface area contributed by atoms with E-state index >= 15 is 0 Å². The fraction of sp³-hybridized carbons (Fsp3) is 0. The molecule has 0 radical (unpaired) electrons. The largest absolute Gasteiger partial charge is 0.455 e. The molecule has 304 valence electrons. The fourth-order valence-electron chi connectivity index (χ4n) is 10.1. The summed E-state index contributed by atoms with van der Waals surface area (Å²) in [6, 6.07) is 87.7. The minimum atomic E-state index is 0.898. The van der Waals surface area contributed by atoms with Crippen LogP contribution in [0, 0.1) is 0 Å². The lowest BCUT2D eigenvalue weighted by Crippen LogP contribution is -2.10. The number of rotatable bonds is 7. The molecule has 3 heteroatoms. The summed E-state index contributed by atoms with van der Waals surface area (Å²) >= 11 is 0. The fourth-order valence-corrected chi connectivity index (χ4v) is 10.1.